The van der Waals surface area contributed by atoms with E-state index in [9.17, 15) is 9.36 Å². The van der Waals surface area contributed by atoms with Crippen molar-refractivity contribution in [2.75, 3.05) is 6.61 Å². The van der Waals surface area contributed by atoms with E-state index in [1.807, 2.05) is 62.5 Å². The topological polar surface area (TPSA) is 110 Å². The van der Waals surface area contributed by atoms with Crippen LogP contribution in [-0.2, 0) is 13.9 Å². The lowest BCUT2D eigenvalue weighted by Gasteiger charge is -2.20. The Morgan fingerprint density at radius 3 is 2.04 bits per heavy atom. The summed E-state index contributed by atoms with van der Waals surface area (Å²) in [5.41, 5.74) is 6.77. The molecule has 0 amide bonds. The van der Waals surface area contributed by atoms with Crippen molar-refractivity contribution in [2.24, 2.45) is 11.1 Å². The fraction of sp³-hybridized carbons (Fsp3) is 0.389. The zero-order valence-corrected chi connectivity index (χ0v) is 15.3. The van der Waals surface area contributed by atoms with Gasteiger partial charge in [-0.2, -0.15) is 0 Å². The lowest BCUT2D eigenvalue weighted by Crippen LogP contribution is -2.30. The highest BCUT2D eigenvalue weighted by molar-refractivity contribution is 7.46. The number of hydrogen-bond donors (Lipinski definition) is 3. The number of ketones is 1. The number of carbonyl (C=O) groups is 1. The average Bonchev–Trinajstić information content (AvgIpc) is 2.75. The van der Waals surface area contributed by atoms with Gasteiger partial charge in [-0.3, -0.25) is 9.32 Å². The summed E-state index contributed by atoms with van der Waals surface area (Å²) in [5, 5.41) is 0. The fourth-order valence-electron chi connectivity index (χ4n) is 2.54. The number of carbonyl (C=O) groups excluding carboxylic acids is 1. The molecule has 0 aromatic carbocycles. The Balaban J connectivity index is 2.05. The lowest BCUT2D eigenvalue weighted by atomic mass is 9.83. The highest BCUT2D eigenvalue weighted by atomic mass is 31.2. The van der Waals surface area contributed by atoms with Gasteiger partial charge in [-0.15, -0.1) is 0 Å². The van der Waals surface area contributed by atoms with Crippen LogP contribution in [0.2, 0.25) is 0 Å². The molecule has 0 radical (unpaired) electrons. The van der Waals surface area contributed by atoms with Gasteiger partial charge in [-0.25, -0.2) is 4.57 Å². The van der Waals surface area contributed by atoms with Crippen molar-refractivity contribution in [3.8, 4) is 0 Å². The van der Waals surface area contributed by atoms with Crippen LogP contribution >= 0.6 is 7.82 Å². The number of nitrogens with two attached hydrogens (primary N) is 1. The van der Waals surface area contributed by atoms with Crippen LogP contribution in [0.4, 0.5) is 0 Å². The molecule has 4 N–H and O–H groups in total. The van der Waals surface area contributed by atoms with E-state index in [0.29, 0.717) is 0 Å². The first-order valence-electron chi connectivity index (χ1n) is 8.04. The number of allylic oxidation sites excluding steroid dienone is 8. The molecule has 0 atom stereocenters. The predicted molar refractivity (Wildman–Crippen MR) is 96.5 cm³/mol. The van der Waals surface area contributed by atoms with Crippen LogP contribution in [-0.4, -0.2) is 27.7 Å². The summed E-state index contributed by atoms with van der Waals surface area (Å²) in [4.78, 5) is 29.9. The first kappa shape index (κ1) is 19.8. The molecule has 2 aliphatic carbocycles. The summed E-state index contributed by atoms with van der Waals surface area (Å²) in [6, 6.07) is 0. The second-order valence-electron chi connectivity index (χ2n) is 6.74. The largest absolute Gasteiger partial charge is 0.469 e. The van der Waals surface area contributed by atoms with Gasteiger partial charge in [0.25, 0.3) is 0 Å². The standard InChI is InChI=1S/C18H24NO5P/c1-17(16(20)4-3-13-24-25(21,22)23)9-5-14-7-11-18(2,19)12-8-15(14)6-10-17/h5-12H,3-4,13,19H2,1-2H3,(H2,21,22,23). The monoisotopic (exact) mass is 365 g/mol. The lowest BCUT2D eigenvalue weighted by molar-refractivity contribution is -0.124. The zero-order chi connectivity index (χ0) is 18.7. The SMILES string of the molecule is CC1(N)C=CC2=C(C=C1)C=CC(C)(C(=O)CCCOP(=O)(O)O)C=C2. The zero-order valence-electron chi connectivity index (χ0n) is 14.4. The summed E-state index contributed by atoms with van der Waals surface area (Å²) in [6.45, 7) is 3.57. The van der Waals surface area contributed by atoms with E-state index in [2.05, 4.69) is 4.52 Å². The minimum Gasteiger partial charge on any atom is -0.319 e. The third kappa shape index (κ3) is 5.73. The maximum Gasteiger partial charge on any atom is 0.469 e. The molecule has 0 heterocycles. The number of phosphoric ester groups is 1. The van der Waals surface area contributed by atoms with Crippen LogP contribution in [0.3, 0.4) is 0 Å². The van der Waals surface area contributed by atoms with Gasteiger partial charge in [0.1, 0.15) is 5.78 Å². The molecule has 0 aliphatic heterocycles. The first-order valence-corrected chi connectivity index (χ1v) is 9.57. The molecule has 6 nitrogen and oxygen atoms in total. The van der Waals surface area contributed by atoms with Gasteiger partial charge < -0.3 is 15.5 Å². The van der Waals surface area contributed by atoms with Gasteiger partial charge >= 0.3 is 7.82 Å². The summed E-state index contributed by atoms with van der Waals surface area (Å²) in [6.07, 6.45) is 15.6. The Hall–Kier alpha value is -1.56. The van der Waals surface area contributed by atoms with Crippen molar-refractivity contribution in [2.45, 2.75) is 32.2 Å². The molecule has 0 spiro atoms. The molecule has 0 bridgehead atoms. The Labute approximate surface area is 147 Å². The minimum absolute atomic E-state index is 0.0383. The number of phosphoric acid groups is 1. The van der Waals surface area contributed by atoms with Crippen LogP contribution in [0.25, 0.3) is 0 Å². The van der Waals surface area contributed by atoms with Crippen LogP contribution in [0.1, 0.15) is 26.7 Å². The molecule has 7 heteroatoms. The van der Waals surface area contributed by atoms with Crippen LogP contribution in [0, 0.1) is 5.41 Å². The third-order valence-corrected chi connectivity index (χ3v) is 4.72. The van der Waals surface area contributed by atoms with E-state index in [1.54, 1.807) is 0 Å². The van der Waals surface area contributed by atoms with Crippen molar-refractivity contribution in [3.05, 3.63) is 59.8 Å². The number of hydrogen-bond acceptors (Lipinski definition) is 4. The highest BCUT2D eigenvalue weighted by Crippen LogP contribution is 2.36. The van der Waals surface area contributed by atoms with E-state index < -0.39 is 18.8 Å². The van der Waals surface area contributed by atoms with Gasteiger partial charge in [0.2, 0.25) is 0 Å². The first-order chi connectivity index (χ1) is 11.5. The van der Waals surface area contributed by atoms with Crippen LogP contribution < -0.4 is 5.73 Å². The maximum absolute atomic E-state index is 12.5. The Kier molecular flexibility index (Phi) is 5.82. The fourth-order valence-corrected chi connectivity index (χ4v) is 2.91. The van der Waals surface area contributed by atoms with Gasteiger partial charge in [0, 0.05) is 6.42 Å². The quantitative estimate of drug-likeness (QED) is 0.493. The molecule has 2 rings (SSSR count). The second kappa shape index (κ2) is 7.36. The molecule has 0 unspecified atom stereocenters. The van der Waals surface area contributed by atoms with E-state index in [1.165, 1.54) is 0 Å². The molecular weight excluding hydrogens is 341 g/mol. The van der Waals surface area contributed by atoms with E-state index in [-0.39, 0.29) is 25.2 Å². The van der Waals surface area contributed by atoms with Crippen LogP contribution in [0.5, 0.6) is 0 Å². The normalized spacial score (nSPS) is 21.0. The summed E-state index contributed by atoms with van der Waals surface area (Å²) >= 11 is 0. The molecule has 0 aromatic heterocycles. The van der Waals surface area contributed by atoms with Crippen LogP contribution in [0.15, 0.2) is 59.8 Å². The van der Waals surface area contributed by atoms with Crippen molar-refractivity contribution in [1.29, 1.82) is 0 Å². The van der Waals surface area contributed by atoms with E-state index in [4.69, 9.17) is 15.5 Å². The highest BCUT2D eigenvalue weighted by Gasteiger charge is 2.28. The number of Topliss-reactive ketones (excluding diaryl/α,β-unsaturated/α-hetero) is 1. The van der Waals surface area contributed by atoms with Crippen molar-refractivity contribution < 1.29 is 23.7 Å². The smallest absolute Gasteiger partial charge is 0.319 e. The van der Waals surface area contributed by atoms with Gasteiger partial charge in [-0.1, -0.05) is 48.6 Å². The van der Waals surface area contributed by atoms with Crippen molar-refractivity contribution in [1.82, 2.24) is 0 Å². The molecular formula is C18H24NO5P. The second-order valence-corrected chi connectivity index (χ2v) is 7.98. The molecule has 136 valence electrons. The molecule has 0 aromatic rings. The molecule has 2 aliphatic rings. The molecule has 0 saturated heterocycles. The van der Waals surface area contributed by atoms with E-state index >= 15 is 0 Å². The van der Waals surface area contributed by atoms with Crippen molar-refractivity contribution >= 4 is 13.6 Å². The Bertz CT molecular complexity index is 701. The number of rotatable bonds is 6. The summed E-state index contributed by atoms with van der Waals surface area (Å²) < 4.78 is 15.0. The molecule has 25 heavy (non-hydrogen) atoms. The Morgan fingerprint density at radius 1 is 1.08 bits per heavy atom. The summed E-state index contributed by atoms with van der Waals surface area (Å²) in [5.74, 6) is -0.0383. The van der Waals surface area contributed by atoms with E-state index in [0.717, 1.165) is 11.1 Å². The minimum atomic E-state index is -4.49. The van der Waals surface area contributed by atoms with Gasteiger partial charge in [0.05, 0.1) is 17.6 Å². The van der Waals surface area contributed by atoms with Crippen molar-refractivity contribution in [3.63, 3.8) is 0 Å². The molecule has 0 saturated carbocycles. The third-order valence-electron chi connectivity index (χ3n) is 4.20. The maximum atomic E-state index is 12.5. The van der Waals surface area contributed by atoms with Gasteiger partial charge in [0.15, 0.2) is 0 Å². The van der Waals surface area contributed by atoms with Gasteiger partial charge in [-0.05, 0) is 31.4 Å². The average molecular weight is 365 g/mol. The molecule has 0 fully saturated rings. The predicted octanol–water partition coefficient (Wildman–Crippen LogP) is 2.72. The Morgan fingerprint density at radius 2 is 1.56 bits per heavy atom. The summed E-state index contributed by atoms with van der Waals surface area (Å²) in [7, 11) is -4.49.